The molecule has 0 fully saturated rings. The van der Waals surface area contributed by atoms with Gasteiger partial charge in [-0.25, -0.2) is 9.97 Å². The molecule has 1 aliphatic rings. The number of thiazole rings is 3. The summed E-state index contributed by atoms with van der Waals surface area (Å²) in [6, 6.07) is 115. The van der Waals surface area contributed by atoms with E-state index < -0.39 is 14.8 Å². The predicted molar refractivity (Wildman–Crippen MR) is 568 cm³/mol. The number of thiophene rings is 3. The van der Waals surface area contributed by atoms with E-state index in [1.165, 1.54) is 78.6 Å². The number of nitrogens with zero attached hydrogens (tertiary/aromatic N) is 4. The number of Topliss-reactive ketones (excluding diaryl/α,β-unsaturated/α-hetero) is 4. The molecular weight excluding hydrogens is 1960 g/mol. The maximum absolute atomic E-state index is 13.2. The molecular formula is C104H91Br2N6NaO8P2S8. The number of carbonyl (C=O) groups is 7. The van der Waals surface area contributed by atoms with E-state index in [0.29, 0.717) is 20.7 Å². The van der Waals surface area contributed by atoms with Crippen LogP contribution in [-0.4, -0.2) is 88.2 Å². The monoisotopic (exact) mass is 2050 g/mol. The molecule has 6 heterocycles. The molecule has 131 heavy (non-hydrogen) atoms. The average molecular weight is 2050 g/mol. The molecule has 10 aromatic carbocycles. The van der Waals surface area contributed by atoms with E-state index in [9.17, 15) is 33.6 Å². The van der Waals surface area contributed by atoms with Crippen LogP contribution in [0.5, 0.6) is 0 Å². The number of halogens is 2. The Bertz CT molecular complexity index is 5870. The Kier molecular flexibility index (Phi) is 55.3. The van der Waals surface area contributed by atoms with Crippen LogP contribution in [0.3, 0.4) is 0 Å². The average Bonchev–Trinajstić information content (AvgIpc) is 1.38. The molecule has 0 radical (unpaired) electrons. The molecule has 0 atom stereocenters. The maximum Gasteiger partial charge on any atom is 1.00 e. The molecule has 17 rings (SSSR count). The number of rotatable bonds is 20. The molecule has 0 spiro atoms. The third-order valence-electron chi connectivity index (χ3n) is 17.0. The van der Waals surface area contributed by atoms with E-state index in [-0.39, 0.29) is 75.4 Å². The molecule has 658 valence electrons. The fraction of sp³-hybridized carbons (Fsp3) is 0.0577. The summed E-state index contributed by atoms with van der Waals surface area (Å²) in [5, 5.41) is 28.9. The smallest absolute Gasteiger partial charge is 0.870 e. The van der Waals surface area contributed by atoms with Crippen LogP contribution in [0.2, 0.25) is 0 Å². The molecule has 0 aliphatic heterocycles. The van der Waals surface area contributed by atoms with Crippen LogP contribution in [0.15, 0.2) is 414 Å². The number of nitriles is 1. The van der Waals surface area contributed by atoms with Crippen LogP contribution in [0.4, 0.5) is 0 Å². The van der Waals surface area contributed by atoms with Crippen molar-refractivity contribution in [1.82, 2.24) is 15.0 Å². The van der Waals surface area contributed by atoms with Gasteiger partial charge in [0.1, 0.15) is 18.4 Å². The number of nitrogens with two attached hydrogens (primary N) is 2. The number of thiocarbonyl (C=S) groups is 2. The Hall–Kier alpha value is -11.0. The van der Waals surface area contributed by atoms with Gasteiger partial charge in [0.2, 0.25) is 11.6 Å². The second-order valence-electron chi connectivity index (χ2n) is 26.2. The summed E-state index contributed by atoms with van der Waals surface area (Å²) in [7, 11) is -0.446. The number of hydrogen-bond acceptors (Lipinski definition) is 21. The first kappa shape index (κ1) is 111. The molecule has 16 aromatic rings. The van der Waals surface area contributed by atoms with Crippen LogP contribution in [0.25, 0.3) is 17.2 Å². The Morgan fingerprint density at radius 3 is 1.20 bits per heavy atom. The summed E-state index contributed by atoms with van der Waals surface area (Å²) in [6.07, 6.45) is 13.3. The van der Waals surface area contributed by atoms with Gasteiger partial charge in [-0.1, -0.05) is 384 Å². The van der Waals surface area contributed by atoms with E-state index in [4.69, 9.17) is 28.9 Å². The van der Waals surface area contributed by atoms with Gasteiger partial charge in [0, 0.05) is 67.6 Å². The second kappa shape index (κ2) is 65.6. The van der Waals surface area contributed by atoms with Crippen molar-refractivity contribution in [2.45, 2.75) is 26.7 Å². The Labute approximate surface area is 841 Å². The van der Waals surface area contributed by atoms with E-state index in [2.05, 4.69) is 222 Å². The van der Waals surface area contributed by atoms with Gasteiger partial charge >= 0.3 is 29.6 Å². The Morgan fingerprint density at radius 1 is 0.489 bits per heavy atom. The van der Waals surface area contributed by atoms with Gasteiger partial charge in [-0.3, -0.25) is 38.5 Å². The van der Waals surface area contributed by atoms with Crippen LogP contribution in [0.1, 0.15) is 102 Å². The van der Waals surface area contributed by atoms with Gasteiger partial charge in [-0.15, -0.1) is 68.0 Å². The van der Waals surface area contributed by atoms with Crippen molar-refractivity contribution in [2.75, 3.05) is 10.7 Å². The number of carbonyl (C=O) groups excluding carboxylic acids is 7. The first-order chi connectivity index (χ1) is 62.9. The molecule has 1 aliphatic carbocycles. The topological polar surface area (TPSA) is 264 Å². The minimum Gasteiger partial charge on any atom is -0.870 e. The SMILES string of the molecule is CC(=O)CBr.CC(=O)c1cccs1.N#CCC(N)=S.NC1=C(c2ccccc2)C=C(c2cccs2)CC1=S.O=C(/C=C/c1ccccc1)c1cccs1.O=C(C=P(c1ccccc1)(c1ccccc1)c1ccccc1)c1nccs1.O=C(CBr)c1nccs1.O=Cc1ccccc1.O=Cc1ccccc1.[Na+].[OH-].c1ccc(P(c2ccccc2)c2ccccc2)cc1.c1cscn1. The van der Waals surface area contributed by atoms with Gasteiger partial charge in [0.05, 0.1) is 49.1 Å². The zero-order chi connectivity index (χ0) is 92.3. The van der Waals surface area contributed by atoms with Crippen LogP contribution in [-0.2, 0) is 4.79 Å². The zero-order valence-corrected chi connectivity index (χ0v) is 85.1. The molecule has 0 bridgehead atoms. The summed E-state index contributed by atoms with van der Waals surface area (Å²) in [6.45, 7) is 0.853. The van der Waals surface area contributed by atoms with Crippen LogP contribution < -0.4 is 72.9 Å². The summed E-state index contributed by atoms with van der Waals surface area (Å²) in [4.78, 5) is 91.6. The quantitative estimate of drug-likeness (QED) is 0.0137. The molecule has 14 nitrogen and oxygen atoms in total. The number of aldehydes is 2. The summed E-state index contributed by atoms with van der Waals surface area (Å²) >= 11 is 24.8. The molecule has 5 N–H and O–H groups in total. The van der Waals surface area contributed by atoms with Crippen LogP contribution >= 0.6 is 139 Å². The summed E-state index contributed by atoms with van der Waals surface area (Å²) in [5.41, 5.74) is 19.5. The third kappa shape index (κ3) is 40.7. The molecule has 0 amide bonds. The fourth-order valence-corrected chi connectivity index (χ4v) is 21.5. The largest absolute Gasteiger partial charge is 1.00 e. The predicted octanol–water partition coefficient (Wildman–Crippen LogP) is 21.3. The summed E-state index contributed by atoms with van der Waals surface area (Å²) < 4.78 is 0. The standard InChI is InChI=1S/C23H18NOPS.C18H15P.C16H13NS2.C13H10OS.2C7H6O.C6H6OS.C5H4BrNOS.C3H5BrO.C3H4N2S.C3H3NS.Na.H2O/c25-22(23-24-16-17-27-23)18-26(19-10-4-1-5-11-19,20-12-6-2-7-13-20)21-14-8-3-9-15-21;1-4-10-16(11-5-1)19(17-12-6-2-7-13-17)18-14-8-3-9-15-18;17-16-13(11-5-2-1-3-6-11)9-12(10-14(16)18)15-7-4-8-19-15;14-12(13-7-4-10-15-13)9-8-11-5-2-1-3-6-11;2*8-6-7-4-2-1-3-5-7;1-5(7)6-3-2-4-8-6;6-3-4(8)5-7-1-2-9-5;1-3(5)2-4;4-2-1-3(5)6;1-2-5-3-4-1;;/h1-18H;1-15H;1-9H,10,17H2;1-10H;2*1-6H;2-4H,1H3;1-2H,3H2;2H2,1H3;1H2,(H2,5,6);1-3H;;1H2/q;;;;;;;;;;;+1;/p-1/b;;;9-8+;;;;;;;;;. The molecule has 0 saturated heterocycles. The number of allylic oxidation sites excluding steroid dienone is 5. The van der Waals surface area contributed by atoms with Crippen molar-refractivity contribution >= 4 is 245 Å². The number of ketones is 5. The molecule has 27 heteroatoms. The molecule has 6 aromatic heterocycles. The number of alkyl halides is 2. The summed E-state index contributed by atoms with van der Waals surface area (Å²) in [5.74, 6) is 2.34. The minimum absolute atomic E-state index is 0. The molecule has 0 unspecified atom stereocenters. The van der Waals surface area contributed by atoms with Crippen molar-refractivity contribution < 1.29 is 68.6 Å². The number of hydrogen-bond donors (Lipinski definition) is 2. The first-order valence-electron chi connectivity index (χ1n) is 39.4. The maximum atomic E-state index is 13.2. The van der Waals surface area contributed by atoms with E-state index >= 15 is 0 Å². The first-order valence-corrected chi connectivity index (χ1v) is 51.0. The van der Waals surface area contributed by atoms with Gasteiger partial charge in [0.25, 0.3) is 0 Å². The van der Waals surface area contributed by atoms with Crippen molar-refractivity contribution in [3.05, 3.63) is 461 Å². The fourth-order valence-electron chi connectivity index (χ4n) is 11.1. The van der Waals surface area contributed by atoms with Crippen molar-refractivity contribution in [1.29, 1.82) is 5.26 Å². The Morgan fingerprint density at radius 2 is 0.885 bits per heavy atom. The van der Waals surface area contributed by atoms with Crippen LogP contribution in [0, 0.1) is 11.3 Å². The third-order valence-corrected chi connectivity index (χ3v) is 30.1. The van der Waals surface area contributed by atoms with E-state index in [0.717, 1.165) is 83.0 Å². The zero-order valence-electron chi connectivity index (χ0n) is 71.6. The minimum atomic E-state index is -2.26. The number of benzene rings is 10. The normalized spacial score (nSPS) is 10.4. The van der Waals surface area contributed by atoms with Crippen molar-refractivity contribution in [3.8, 4) is 6.07 Å². The van der Waals surface area contributed by atoms with Crippen molar-refractivity contribution in [3.63, 3.8) is 0 Å². The van der Waals surface area contributed by atoms with E-state index in [1.54, 1.807) is 95.5 Å². The Balaban J connectivity index is 0.000000266. The number of aromatic nitrogens is 3. The van der Waals surface area contributed by atoms with Crippen molar-refractivity contribution in [2.24, 2.45) is 11.5 Å². The second-order valence-corrected chi connectivity index (χ2v) is 39.2. The van der Waals surface area contributed by atoms with Gasteiger partial charge in [0.15, 0.2) is 21.6 Å². The molecule has 0 saturated carbocycles. The van der Waals surface area contributed by atoms with Gasteiger partial charge in [-0.2, -0.15) is 5.26 Å². The van der Waals surface area contributed by atoms with E-state index in [1.807, 2.05) is 197 Å². The van der Waals surface area contributed by atoms with Gasteiger partial charge in [-0.05, 0) is 129 Å². The van der Waals surface area contributed by atoms with Gasteiger partial charge < -0.3 is 16.9 Å².